The number of aryl methyl sites for hydroxylation is 1. The number of benzene rings is 1. The maximum absolute atomic E-state index is 10.4. The molecule has 1 rings (SSSR count). The summed E-state index contributed by atoms with van der Waals surface area (Å²) in [5, 5.41) is 18.3. The summed E-state index contributed by atoms with van der Waals surface area (Å²) in [5.74, 6) is -0.581. The van der Waals surface area contributed by atoms with Crippen molar-refractivity contribution in [2.75, 3.05) is 0 Å². The lowest BCUT2D eigenvalue weighted by atomic mass is 10.0. The van der Waals surface area contributed by atoms with E-state index in [1.54, 1.807) is 6.07 Å². The number of carboxylic acids is 1. The van der Waals surface area contributed by atoms with Crippen molar-refractivity contribution in [1.82, 2.24) is 0 Å². The van der Waals surface area contributed by atoms with E-state index < -0.39 is 5.97 Å². The van der Waals surface area contributed by atoms with Crippen LogP contribution in [0.4, 0.5) is 0 Å². The van der Waals surface area contributed by atoms with Crippen LogP contribution in [0.5, 0.6) is 5.75 Å². The van der Waals surface area contributed by atoms with Gasteiger partial charge < -0.3 is 10.2 Å². The van der Waals surface area contributed by atoms with Crippen LogP contribution in [0, 0.1) is 6.92 Å². The second-order valence-corrected chi connectivity index (χ2v) is 4.29. The molecule has 0 heterocycles. The molecular formula is C11H13BrO3. The van der Waals surface area contributed by atoms with Crippen LogP contribution in [0.2, 0.25) is 0 Å². The van der Waals surface area contributed by atoms with Crippen molar-refractivity contribution in [2.24, 2.45) is 0 Å². The molecule has 0 aliphatic heterocycles. The van der Waals surface area contributed by atoms with Crippen LogP contribution >= 0.6 is 15.9 Å². The van der Waals surface area contributed by atoms with Crippen molar-refractivity contribution in [2.45, 2.75) is 26.2 Å². The van der Waals surface area contributed by atoms with Crippen molar-refractivity contribution < 1.29 is 15.0 Å². The minimum Gasteiger partial charge on any atom is -0.506 e. The molecule has 1 aromatic carbocycles. The first-order valence-electron chi connectivity index (χ1n) is 4.71. The van der Waals surface area contributed by atoms with E-state index in [1.807, 2.05) is 13.0 Å². The largest absolute Gasteiger partial charge is 0.506 e. The Morgan fingerprint density at radius 1 is 1.47 bits per heavy atom. The molecule has 0 bridgehead atoms. The first kappa shape index (κ1) is 12.0. The van der Waals surface area contributed by atoms with E-state index in [9.17, 15) is 9.90 Å². The molecule has 0 aliphatic rings. The quantitative estimate of drug-likeness (QED) is 0.886. The Balaban J connectivity index is 2.75. The maximum Gasteiger partial charge on any atom is 0.303 e. The number of phenols is 1. The molecule has 0 saturated heterocycles. The third-order valence-corrected chi connectivity index (χ3v) is 2.93. The van der Waals surface area contributed by atoms with Crippen molar-refractivity contribution in [3.63, 3.8) is 0 Å². The molecular weight excluding hydrogens is 260 g/mol. The number of carboxylic acid groups (broad SMARTS) is 1. The smallest absolute Gasteiger partial charge is 0.303 e. The van der Waals surface area contributed by atoms with Crippen LogP contribution in [0.3, 0.4) is 0 Å². The Kier molecular flexibility index (Phi) is 4.15. The molecule has 4 heteroatoms. The van der Waals surface area contributed by atoms with Gasteiger partial charge in [-0.15, -0.1) is 0 Å². The van der Waals surface area contributed by atoms with E-state index in [0.29, 0.717) is 17.3 Å². The molecule has 0 amide bonds. The SMILES string of the molecule is Cc1ccc(Br)c(O)c1CCCC(=O)O. The number of aliphatic carboxylic acids is 1. The van der Waals surface area contributed by atoms with Gasteiger partial charge in [0.05, 0.1) is 4.47 Å². The van der Waals surface area contributed by atoms with E-state index in [-0.39, 0.29) is 12.2 Å². The van der Waals surface area contributed by atoms with Crippen molar-refractivity contribution >= 4 is 21.9 Å². The van der Waals surface area contributed by atoms with Gasteiger partial charge in [-0.25, -0.2) is 0 Å². The lowest BCUT2D eigenvalue weighted by Gasteiger charge is -2.09. The number of hydrogen-bond donors (Lipinski definition) is 2. The highest BCUT2D eigenvalue weighted by Gasteiger charge is 2.09. The van der Waals surface area contributed by atoms with Gasteiger partial charge in [0.2, 0.25) is 0 Å². The summed E-state index contributed by atoms with van der Waals surface area (Å²) in [6.45, 7) is 1.91. The molecule has 15 heavy (non-hydrogen) atoms. The number of halogens is 1. The first-order valence-corrected chi connectivity index (χ1v) is 5.50. The normalized spacial score (nSPS) is 10.3. The summed E-state index contributed by atoms with van der Waals surface area (Å²) in [7, 11) is 0. The average molecular weight is 273 g/mol. The summed E-state index contributed by atoms with van der Waals surface area (Å²) in [5.41, 5.74) is 1.81. The Labute approximate surface area is 96.9 Å². The lowest BCUT2D eigenvalue weighted by molar-refractivity contribution is -0.137. The molecule has 0 aliphatic carbocycles. The van der Waals surface area contributed by atoms with Gasteiger partial charge >= 0.3 is 5.97 Å². The number of aromatic hydroxyl groups is 1. The van der Waals surface area contributed by atoms with E-state index in [1.165, 1.54) is 0 Å². The Hall–Kier alpha value is -1.03. The molecule has 3 nitrogen and oxygen atoms in total. The van der Waals surface area contributed by atoms with Crippen molar-refractivity contribution in [1.29, 1.82) is 0 Å². The molecule has 0 atom stereocenters. The van der Waals surface area contributed by atoms with Crippen LogP contribution in [0.1, 0.15) is 24.0 Å². The molecule has 0 fully saturated rings. The average Bonchev–Trinajstić information content (AvgIpc) is 2.17. The van der Waals surface area contributed by atoms with Gasteiger partial charge in [0.15, 0.2) is 0 Å². The third-order valence-electron chi connectivity index (χ3n) is 2.29. The van der Waals surface area contributed by atoms with Crippen LogP contribution in [-0.4, -0.2) is 16.2 Å². The summed E-state index contributed by atoms with van der Waals surface area (Å²) < 4.78 is 0.651. The summed E-state index contributed by atoms with van der Waals surface area (Å²) in [6, 6.07) is 3.69. The van der Waals surface area contributed by atoms with E-state index in [0.717, 1.165) is 11.1 Å². The van der Waals surface area contributed by atoms with Crippen molar-refractivity contribution in [3.05, 3.63) is 27.7 Å². The molecule has 1 aromatic rings. The second-order valence-electron chi connectivity index (χ2n) is 3.44. The lowest BCUT2D eigenvalue weighted by Crippen LogP contribution is -1.97. The highest BCUT2D eigenvalue weighted by atomic mass is 79.9. The molecule has 2 N–H and O–H groups in total. The molecule has 82 valence electrons. The van der Waals surface area contributed by atoms with Crippen molar-refractivity contribution in [3.8, 4) is 5.75 Å². The van der Waals surface area contributed by atoms with Gasteiger partial charge in [0.25, 0.3) is 0 Å². The monoisotopic (exact) mass is 272 g/mol. The minimum atomic E-state index is -0.804. The molecule has 0 unspecified atom stereocenters. The predicted octanol–water partition coefficient (Wildman–Crippen LogP) is 2.87. The summed E-state index contributed by atoms with van der Waals surface area (Å²) in [4.78, 5) is 10.4. The second kappa shape index (κ2) is 5.16. The first-order chi connectivity index (χ1) is 7.02. The fraction of sp³-hybridized carbons (Fsp3) is 0.364. The Morgan fingerprint density at radius 3 is 2.73 bits per heavy atom. The Morgan fingerprint density at radius 2 is 2.13 bits per heavy atom. The topological polar surface area (TPSA) is 57.5 Å². The van der Waals surface area contributed by atoms with Crippen LogP contribution in [-0.2, 0) is 11.2 Å². The van der Waals surface area contributed by atoms with Gasteiger partial charge in [-0.1, -0.05) is 6.07 Å². The van der Waals surface area contributed by atoms with Gasteiger partial charge in [-0.3, -0.25) is 4.79 Å². The fourth-order valence-corrected chi connectivity index (χ4v) is 1.81. The van der Waals surface area contributed by atoms with E-state index in [4.69, 9.17) is 5.11 Å². The third kappa shape index (κ3) is 3.23. The molecule has 0 spiro atoms. The molecule has 0 saturated carbocycles. The zero-order valence-electron chi connectivity index (χ0n) is 8.46. The number of hydrogen-bond acceptors (Lipinski definition) is 2. The zero-order chi connectivity index (χ0) is 11.4. The van der Waals surface area contributed by atoms with Gasteiger partial charge in [0, 0.05) is 6.42 Å². The number of rotatable bonds is 4. The molecule has 0 aromatic heterocycles. The Bertz CT molecular complexity index is 374. The van der Waals surface area contributed by atoms with Crippen LogP contribution in [0.15, 0.2) is 16.6 Å². The standard InChI is InChI=1S/C11H13BrO3/c1-7-5-6-9(12)11(15)8(7)3-2-4-10(13)14/h5-6,15H,2-4H2,1H3,(H,13,14). The van der Waals surface area contributed by atoms with Crippen LogP contribution in [0.25, 0.3) is 0 Å². The summed E-state index contributed by atoms with van der Waals surface area (Å²) >= 11 is 3.23. The predicted molar refractivity (Wildman–Crippen MR) is 61.1 cm³/mol. The maximum atomic E-state index is 10.4. The summed E-state index contributed by atoms with van der Waals surface area (Å²) in [6.07, 6.45) is 1.26. The van der Waals surface area contributed by atoms with Gasteiger partial charge in [0.1, 0.15) is 5.75 Å². The highest BCUT2D eigenvalue weighted by molar-refractivity contribution is 9.10. The minimum absolute atomic E-state index is 0.130. The van der Waals surface area contributed by atoms with E-state index >= 15 is 0 Å². The number of phenolic OH excluding ortho intramolecular Hbond substituents is 1. The van der Waals surface area contributed by atoms with Gasteiger partial charge in [-0.2, -0.15) is 0 Å². The van der Waals surface area contributed by atoms with E-state index in [2.05, 4.69) is 15.9 Å². The fourth-order valence-electron chi connectivity index (χ4n) is 1.44. The van der Waals surface area contributed by atoms with Crippen LogP contribution < -0.4 is 0 Å². The van der Waals surface area contributed by atoms with Gasteiger partial charge in [-0.05, 0) is 52.9 Å². The zero-order valence-corrected chi connectivity index (χ0v) is 10.0. The molecule has 0 radical (unpaired) electrons. The number of carbonyl (C=O) groups is 1. The highest BCUT2D eigenvalue weighted by Crippen LogP contribution is 2.31.